The smallest absolute Gasteiger partial charge is 0.321 e. The fraction of sp³-hybridized carbons (Fsp3) is 0.500. The van der Waals surface area contributed by atoms with E-state index in [0.717, 1.165) is 0 Å². The van der Waals surface area contributed by atoms with Crippen LogP contribution >= 0.6 is 0 Å². The highest BCUT2D eigenvalue weighted by Crippen LogP contribution is 2.25. The zero-order valence-corrected chi connectivity index (χ0v) is 7.13. The van der Waals surface area contributed by atoms with Crippen molar-refractivity contribution in [3.8, 4) is 0 Å². The van der Waals surface area contributed by atoms with Crippen molar-refractivity contribution >= 4 is 11.9 Å². The fourth-order valence-corrected chi connectivity index (χ4v) is 0.846. The second kappa shape index (κ2) is 3.38. The Hall–Kier alpha value is -1.32. The van der Waals surface area contributed by atoms with Crippen LogP contribution in [0.25, 0.3) is 0 Å². The molecule has 0 fully saturated rings. The summed E-state index contributed by atoms with van der Waals surface area (Å²) in [6.07, 6.45) is -0.0440. The van der Waals surface area contributed by atoms with Crippen LogP contribution in [-0.2, 0) is 9.59 Å². The van der Waals surface area contributed by atoms with Crippen LogP contribution in [0.2, 0.25) is 0 Å². The number of carboxylic acid groups (broad SMARTS) is 2. The predicted molar refractivity (Wildman–Crippen MR) is 42.8 cm³/mol. The van der Waals surface area contributed by atoms with E-state index < -0.39 is 17.4 Å². The number of hydrogen-bond acceptors (Lipinski definition) is 2. The number of rotatable bonds is 4. The maximum Gasteiger partial charge on any atom is 0.321 e. The fourth-order valence-electron chi connectivity index (χ4n) is 0.846. The lowest BCUT2D eigenvalue weighted by atomic mass is 9.84. The van der Waals surface area contributed by atoms with Crippen LogP contribution in [-0.4, -0.2) is 22.2 Å². The molecule has 0 amide bonds. The largest absolute Gasteiger partial charge is 0.480 e. The van der Waals surface area contributed by atoms with E-state index in [-0.39, 0.29) is 6.42 Å². The average molecular weight is 172 g/mol. The van der Waals surface area contributed by atoms with Gasteiger partial charge in [-0.25, -0.2) is 0 Å². The molecule has 0 unspecified atom stereocenters. The number of allylic oxidation sites excluding steroid dienone is 1. The summed E-state index contributed by atoms with van der Waals surface area (Å²) in [5, 5.41) is 17.3. The molecular weight excluding hydrogens is 160 g/mol. The summed E-state index contributed by atoms with van der Waals surface area (Å²) in [5.41, 5.74) is -1.20. The van der Waals surface area contributed by atoms with Crippen molar-refractivity contribution in [1.82, 2.24) is 0 Å². The van der Waals surface area contributed by atoms with Gasteiger partial charge in [-0.3, -0.25) is 9.59 Å². The summed E-state index contributed by atoms with van der Waals surface area (Å²) < 4.78 is 0. The lowest BCUT2D eigenvalue weighted by Crippen LogP contribution is -2.36. The quantitative estimate of drug-likeness (QED) is 0.492. The molecule has 0 aromatic heterocycles. The van der Waals surface area contributed by atoms with Crippen molar-refractivity contribution in [2.75, 3.05) is 0 Å². The SMILES string of the molecule is C=C(C)CC(C)(C(=O)O)C(=O)O. The van der Waals surface area contributed by atoms with Gasteiger partial charge in [0.05, 0.1) is 0 Å². The molecule has 0 saturated heterocycles. The maximum atomic E-state index is 10.6. The van der Waals surface area contributed by atoms with Gasteiger partial charge in [-0.05, 0) is 20.3 Å². The number of carboxylic acids is 2. The minimum atomic E-state index is -1.74. The summed E-state index contributed by atoms with van der Waals surface area (Å²) in [6.45, 7) is 6.25. The zero-order valence-electron chi connectivity index (χ0n) is 7.13. The third-order valence-electron chi connectivity index (χ3n) is 1.60. The summed E-state index contributed by atoms with van der Waals surface area (Å²) in [4.78, 5) is 21.2. The molecule has 0 aromatic rings. The van der Waals surface area contributed by atoms with Gasteiger partial charge in [0.25, 0.3) is 0 Å². The second-order valence-electron chi connectivity index (χ2n) is 3.08. The van der Waals surface area contributed by atoms with E-state index in [0.29, 0.717) is 5.57 Å². The van der Waals surface area contributed by atoms with Gasteiger partial charge in [-0.1, -0.05) is 5.57 Å². The third kappa shape index (κ3) is 2.08. The molecule has 0 heterocycles. The van der Waals surface area contributed by atoms with E-state index in [1.807, 2.05) is 0 Å². The van der Waals surface area contributed by atoms with Crippen molar-refractivity contribution in [2.45, 2.75) is 20.3 Å². The molecule has 12 heavy (non-hydrogen) atoms. The molecule has 0 aromatic carbocycles. The van der Waals surface area contributed by atoms with Crippen LogP contribution in [0.4, 0.5) is 0 Å². The number of hydrogen-bond donors (Lipinski definition) is 2. The minimum absolute atomic E-state index is 0.0440. The molecule has 4 heteroatoms. The Bertz CT molecular complexity index is 215. The van der Waals surface area contributed by atoms with Crippen LogP contribution in [0.5, 0.6) is 0 Å². The van der Waals surface area contributed by atoms with E-state index in [1.54, 1.807) is 6.92 Å². The molecule has 0 aliphatic heterocycles. The lowest BCUT2D eigenvalue weighted by molar-refractivity contribution is -0.163. The Labute approximate surface area is 70.5 Å². The van der Waals surface area contributed by atoms with Crippen molar-refractivity contribution in [3.63, 3.8) is 0 Å². The predicted octanol–water partition coefficient (Wildman–Crippen LogP) is 1.13. The Morgan fingerprint density at radius 3 is 1.75 bits per heavy atom. The monoisotopic (exact) mass is 172 g/mol. The van der Waals surface area contributed by atoms with Gasteiger partial charge in [-0.15, -0.1) is 6.58 Å². The van der Waals surface area contributed by atoms with Gasteiger partial charge >= 0.3 is 11.9 Å². The van der Waals surface area contributed by atoms with Crippen LogP contribution in [0.15, 0.2) is 12.2 Å². The molecule has 0 aliphatic carbocycles. The van der Waals surface area contributed by atoms with Crippen LogP contribution in [0.3, 0.4) is 0 Å². The zero-order chi connectivity index (χ0) is 9.94. The molecule has 4 nitrogen and oxygen atoms in total. The van der Waals surface area contributed by atoms with Crippen molar-refractivity contribution in [3.05, 3.63) is 12.2 Å². The normalized spacial score (nSPS) is 10.8. The van der Waals surface area contributed by atoms with Crippen molar-refractivity contribution in [2.24, 2.45) is 5.41 Å². The molecule has 0 bridgehead atoms. The first-order valence-corrected chi connectivity index (χ1v) is 3.42. The highest BCUT2D eigenvalue weighted by Gasteiger charge is 2.41. The standard InChI is InChI=1S/C8H12O4/c1-5(2)4-8(3,6(9)10)7(11)12/h1,4H2,2-3H3,(H,9,10)(H,11,12). The highest BCUT2D eigenvalue weighted by atomic mass is 16.4. The van der Waals surface area contributed by atoms with Crippen LogP contribution < -0.4 is 0 Å². The summed E-state index contributed by atoms with van der Waals surface area (Å²) >= 11 is 0. The van der Waals surface area contributed by atoms with Crippen LogP contribution in [0.1, 0.15) is 20.3 Å². The Morgan fingerprint density at radius 2 is 1.67 bits per heavy atom. The van der Waals surface area contributed by atoms with Gasteiger partial charge in [0.15, 0.2) is 5.41 Å². The maximum absolute atomic E-state index is 10.6. The first kappa shape index (κ1) is 10.7. The molecule has 2 N–H and O–H groups in total. The average Bonchev–Trinajstić information content (AvgIpc) is 1.84. The van der Waals surface area contributed by atoms with Gasteiger partial charge in [0.2, 0.25) is 0 Å². The minimum Gasteiger partial charge on any atom is -0.480 e. The van der Waals surface area contributed by atoms with Gasteiger partial charge < -0.3 is 10.2 Å². The molecule has 68 valence electrons. The molecule has 0 aliphatic rings. The molecule has 0 atom stereocenters. The first-order chi connectivity index (χ1) is 5.30. The Balaban J connectivity index is 4.75. The first-order valence-electron chi connectivity index (χ1n) is 3.42. The third-order valence-corrected chi connectivity index (χ3v) is 1.60. The van der Waals surface area contributed by atoms with Crippen molar-refractivity contribution < 1.29 is 19.8 Å². The lowest BCUT2D eigenvalue weighted by Gasteiger charge is -2.18. The van der Waals surface area contributed by atoms with Gasteiger partial charge in [0, 0.05) is 0 Å². The second-order valence-corrected chi connectivity index (χ2v) is 3.08. The number of carbonyl (C=O) groups is 2. The molecule has 0 spiro atoms. The summed E-state index contributed by atoms with van der Waals surface area (Å²) in [5.74, 6) is -2.67. The molecule has 0 radical (unpaired) electrons. The topological polar surface area (TPSA) is 74.6 Å². The van der Waals surface area contributed by atoms with Crippen molar-refractivity contribution in [1.29, 1.82) is 0 Å². The van der Waals surface area contributed by atoms with E-state index in [2.05, 4.69) is 6.58 Å². The van der Waals surface area contributed by atoms with E-state index in [9.17, 15) is 9.59 Å². The molecule has 0 rings (SSSR count). The van der Waals surface area contributed by atoms with E-state index in [4.69, 9.17) is 10.2 Å². The number of aliphatic carboxylic acids is 2. The summed E-state index contributed by atoms with van der Waals surface area (Å²) in [7, 11) is 0. The van der Waals surface area contributed by atoms with Gasteiger partial charge in [-0.2, -0.15) is 0 Å². The Morgan fingerprint density at radius 1 is 1.33 bits per heavy atom. The summed E-state index contributed by atoms with van der Waals surface area (Å²) in [6, 6.07) is 0. The van der Waals surface area contributed by atoms with E-state index in [1.165, 1.54) is 6.92 Å². The molecule has 0 saturated carbocycles. The van der Waals surface area contributed by atoms with Crippen LogP contribution in [0, 0.1) is 5.41 Å². The molecular formula is C8H12O4. The Kier molecular flexibility index (Phi) is 3.01. The highest BCUT2D eigenvalue weighted by molar-refractivity contribution is 5.97. The van der Waals surface area contributed by atoms with E-state index >= 15 is 0 Å². The van der Waals surface area contributed by atoms with Gasteiger partial charge in [0.1, 0.15) is 0 Å².